The van der Waals surface area contributed by atoms with E-state index in [0.717, 1.165) is 5.56 Å². The first-order chi connectivity index (χ1) is 10.4. The molecule has 0 aliphatic heterocycles. The number of pyridine rings is 2. The van der Waals surface area contributed by atoms with Gasteiger partial charge in [0.05, 0.1) is 16.4 Å². The molecule has 0 aliphatic carbocycles. The molecule has 2 heterocycles. The average molecular weight is 360 g/mol. The Balaban J connectivity index is 2.24. The number of aromatic amines is 1. The number of nitrogens with one attached hydrogen (secondary N) is 2. The number of nitrogens with two attached hydrogens (primary N) is 1. The number of hydrogen-bond donors (Lipinski definition) is 2. The third kappa shape index (κ3) is 3.47. The second-order valence-corrected chi connectivity index (χ2v) is 5.33. The van der Waals surface area contributed by atoms with Crippen LogP contribution in [0.4, 0.5) is 5.69 Å². The van der Waals surface area contributed by atoms with Gasteiger partial charge in [0.15, 0.2) is 23.2 Å². The second kappa shape index (κ2) is 6.91. The highest BCUT2D eigenvalue weighted by Gasteiger charge is 2.19. The zero-order valence-corrected chi connectivity index (χ0v) is 13.6. The van der Waals surface area contributed by atoms with Gasteiger partial charge in [0.25, 0.3) is 5.91 Å². The third-order valence-corrected chi connectivity index (χ3v) is 3.88. The molecule has 2 aromatic heterocycles. The molecule has 0 spiro atoms. The van der Waals surface area contributed by atoms with Crippen molar-refractivity contribution in [3.05, 3.63) is 51.0 Å². The van der Waals surface area contributed by atoms with Gasteiger partial charge in [0, 0.05) is 17.7 Å². The van der Waals surface area contributed by atoms with Gasteiger partial charge in [-0.2, -0.15) is 5.10 Å². The van der Waals surface area contributed by atoms with Crippen LogP contribution >= 0.6 is 34.8 Å². The summed E-state index contributed by atoms with van der Waals surface area (Å²) >= 11 is 17.5. The van der Waals surface area contributed by atoms with Crippen molar-refractivity contribution in [3.63, 3.8) is 0 Å². The molecule has 0 saturated carbocycles. The van der Waals surface area contributed by atoms with Gasteiger partial charge in [0.1, 0.15) is 5.02 Å². The van der Waals surface area contributed by atoms with Crippen LogP contribution in [0.15, 0.2) is 29.6 Å². The number of hydrogen-bond acceptors (Lipinski definition) is 4. The van der Waals surface area contributed by atoms with Gasteiger partial charge in [0.2, 0.25) is 0 Å². The standard InChI is InChI=1S/C13H10Cl3N5O/c1-6(7-2-4-18-5-3-7)20-21-13(22)11-8(14)10(17)9(15)12(16)19-11/h2-5H,1H3,(H2,17,19)(H,21,22)/p+1/b20-6-. The summed E-state index contributed by atoms with van der Waals surface area (Å²) in [7, 11) is 0. The second-order valence-electron chi connectivity index (χ2n) is 4.22. The van der Waals surface area contributed by atoms with E-state index in [-0.39, 0.29) is 26.6 Å². The highest BCUT2D eigenvalue weighted by Crippen LogP contribution is 2.34. The molecule has 6 nitrogen and oxygen atoms in total. The Morgan fingerprint density at radius 1 is 1.27 bits per heavy atom. The van der Waals surface area contributed by atoms with E-state index in [1.807, 2.05) is 12.1 Å². The summed E-state index contributed by atoms with van der Waals surface area (Å²) in [6.45, 7) is 1.74. The summed E-state index contributed by atoms with van der Waals surface area (Å²) < 4.78 is 0. The summed E-state index contributed by atoms with van der Waals surface area (Å²) in [4.78, 5) is 18.8. The zero-order valence-electron chi connectivity index (χ0n) is 11.3. The molecule has 0 aliphatic rings. The van der Waals surface area contributed by atoms with Gasteiger partial charge in [-0.05, 0) is 6.92 Å². The van der Waals surface area contributed by atoms with Gasteiger partial charge in [-0.3, -0.25) is 4.79 Å². The summed E-state index contributed by atoms with van der Waals surface area (Å²) in [6.07, 6.45) is 3.49. The normalized spacial score (nSPS) is 11.4. The van der Waals surface area contributed by atoms with Crippen molar-refractivity contribution in [2.75, 3.05) is 5.73 Å². The minimum Gasteiger partial charge on any atom is -0.396 e. The van der Waals surface area contributed by atoms with Crippen molar-refractivity contribution >= 4 is 52.1 Å². The lowest BCUT2D eigenvalue weighted by molar-refractivity contribution is -0.378. The van der Waals surface area contributed by atoms with Crippen LogP contribution in [0.3, 0.4) is 0 Å². The smallest absolute Gasteiger partial charge is 0.291 e. The van der Waals surface area contributed by atoms with E-state index in [4.69, 9.17) is 40.5 Å². The number of rotatable bonds is 3. The van der Waals surface area contributed by atoms with Crippen LogP contribution in [0.2, 0.25) is 15.2 Å². The van der Waals surface area contributed by atoms with Crippen LogP contribution in [0.5, 0.6) is 0 Å². The third-order valence-electron chi connectivity index (χ3n) is 2.75. The Morgan fingerprint density at radius 3 is 2.55 bits per heavy atom. The van der Waals surface area contributed by atoms with Gasteiger partial charge in [-0.25, -0.2) is 15.4 Å². The molecule has 4 N–H and O–H groups in total. The SMILES string of the molecule is C/C(=N/NC(=O)c1nc(Cl)c(Cl)c(N)c1Cl)c1cc[nH+]cc1. The molecule has 2 rings (SSSR count). The largest absolute Gasteiger partial charge is 0.396 e. The first kappa shape index (κ1) is 16.5. The number of carbonyl (C=O) groups is 1. The van der Waals surface area contributed by atoms with Crippen molar-refractivity contribution in [3.8, 4) is 0 Å². The molecule has 0 atom stereocenters. The van der Waals surface area contributed by atoms with E-state index in [2.05, 4.69) is 20.5 Å². The molecular formula is C13H11Cl3N5O+. The fraction of sp³-hybridized carbons (Fsp3) is 0.0769. The maximum atomic E-state index is 12.1. The number of halogens is 3. The summed E-state index contributed by atoms with van der Waals surface area (Å²) in [5.74, 6) is -0.642. The Labute approximate surface area is 141 Å². The van der Waals surface area contributed by atoms with E-state index in [0.29, 0.717) is 5.71 Å². The first-order valence-electron chi connectivity index (χ1n) is 6.03. The number of nitrogen functional groups attached to an aromatic ring is 1. The molecule has 1 amide bonds. The molecule has 0 radical (unpaired) electrons. The Bertz CT molecular complexity index is 749. The molecule has 2 aromatic rings. The predicted octanol–water partition coefficient (Wildman–Crippen LogP) is 2.59. The van der Waals surface area contributed by atoms with Gasteiger partial charge >= 0.3 is 0 Å². The van der Waals surface area contributed by atoms with Crippen LogP contribution in [-0.2, 0) is 0 Å². The fourth-order valence-corrected chi connectivity index (χ4v) is 2.16. The molecule has 22 heavy (non-hydrogen) atoms. The number of nitrogens with zero attached hydrogens (tertiary/aromatic N) is 2. The van der Waals surface area contributed by atoms with Crippen molar-refractivity contribution in [2.45, 2.75) is 6.92 Å². The average Bonchev–Trinajstić information content (AvgIpc) is 2.54. The van der Waals surface area contributed by atoms with Crippen molar-refractivity contribution in [1.82, 2.24) is 10.4 Å². The topological polar surface area (TPSA) is 94.5 Å². The monoisotopic (exact) mass is 358 g/mol. The maximum Gasteiger partial charge on any atom is 0.291 e. The maximum absolute atomic E-state index is 12.1. The number of hydrazone groups is 1. The Kier molecular flexibility index (Phi) is 5.18. The van der Waals surface area contributed by atoms with Gasteiger partial charge in [-0.15, -0.1) is 0 Å². The zero-order chi connectivity index (χ0) is 16.3. The lowest BCUT2D eigenvalue weighted by Crippen LogP contribution is -2.21. The molecule has 0 fully saturated rings. The van der Waals surface area contributed by atoms with Crippen LogP contribution in [-0.4, -0.2) is 16.6 Å². The minimum atomic E-state index is -0.642. The minimum absolute atomic E-state index is 0.00318. The Hall–Kier alpha value is -1.89. The van der Waals surface area contributed by atoms with Gasteiger partial charge < -0.3 is 5.73 Å². The number of amides is 1. The van der Waals surface area contributed by atoms with Crippen LogP contribution in [0.1, 0.15) is 23.0 Å². The number of carbonyl (C=O) groups excluding carboxylic acids is 1. The predicted molar refractivity (Wildman–Crippen MR) is 86.4 cm³/mol. The summed E-state index contributed by atoms with van der Waals surface area (Å²) in [5.41, 5.74) is 9.30. The van der Waals surface area contributed by atoms with Crippen LogP contribution < -0.4 is 16.1 Å². The molecular weight excluding hydrogens is 349 g/mol. The van der Waals surface area contributed by atoms with Crippen molar-refractivity contribution < 1.29 is 9.78 Å². The first-order valence-corrected chi connectivity index (χ1v) is 7.16. The van der Waals surface area contributed by atoms with Crippen molar-refractivity contribution in [1.29, 1.82) is 0 Å². The fourth-order valence-electron chi connectivity index (χ4n) is 1.56. The molecule has 0 aromatic carbocycles. The van der Waals surface area contributed by atoms with E-state index in [1.54, 1.807) is 19.3 Å². The van der Waals surface area contributed by atoms with Crippen LogP contribution in [0, 0.1) is 0 Å². The molecule has 0 saturated heterocycles. The van der Waals surface area contributed by atoms with Gasteiger partial charge in [-0.1, -0.05) is 34.8 Å². The van der Waals surface area contributed by atoms with E-state index in [1.165, 1.54) is 0 Å². The highest BCUT2D eigenvalue weighted by atomic mass is 35.5. The highest BCUT2D eigenvalue weighted by molar-refractivity contribution is 6.46. The number of anilines is 1. The van der Waals surface area contributed by atoms with E-state index < -0.39 is 5.91 Å². The quantitative estimate of drug-likeness (QED) is 0.501. The molecule has 114 valence electrons. The number of H-pyrrole nitrogens is 1. The Morgan fingerprint density at radius 2 is 1.91 bits per heavy atom. The lowest BCUT2D eigenvalue weighted by Gasteiger charge is -2.08. The molecule has 0 unspecified atom stereocenters. The van der Waals surface area contributed by atoms with E-state index in [9.17, 15) is 4.79 Å². The summed E-state index contributed by atoms with van der Waals surface area (Å²) in [5, 5.41) is 3.81. The summed E-state index contributed by atoms with van der Waals surface area (Å²) in [6, 6.07) is 3.63. The van der Waals surface area contributed by atoms with Crippen LogP contribution in [0.25, 0.3) is 0 Å². The lowest BCUT2D eigenvalue weighted by atomic mass is 10.2. The van der Waals surface area contributed by atoms with E-state index >= 15 is 0 Å². The van der Waals surface area contributed by atoms with Crippen molar-refractivity contribution in [2.24, 2.45) is 5.10 Å². The number of aromatic nitrogens is 2. The molecule has 9 heteroatoms. The molecule has 0 bridgehead atoms.